The van der Waals surface area contributed by atoms with Crippen molar-refractivity contribution in [3.63, 3.8) is 0 Å². The van der Waals surface area contributed by atoms with E-state index in [-0.39, 0.29) is 11.9 Å². The number of halogens is 1. The maximum atomic E-state index is 13.3. The van der Waals surface area contributed by atoms with Gasteiger partial charge in [-0.25, -0.2) is 9.37 Å². The van der Waals surface area contributed by atoms with Crippen LogP contribution in [0, 0.1) is 5.82 Å². The van der Waals surface area contributed by atoms with E-state index in [0.29, 0.717) is 0 Å². The van der Waals surface area contributed by atoms with Gasteiger partial charge in [0.2, 0.25) is 0 Å². The third-order valence-electron chi connectivity index (χ3n) is 4.52. The monoisotopic (exact) mass is 310 g/mol. The molecule has 5 heteroatoms. The van der Waals surface area contributed by atoms with E-state index in [2.05, 4.69) is 25.9 Å². The highest BCUT2D eigenvalue weighted by Gasteiger charge is 2.28. The number of nitrogens with one attached hydrogen (secondary N) is 1. The molecule has 1 aliphatic rings. The van der Waals surface area contributed by atoms with Crippen LogP contribution in [-0.4, -0.2) is 32.9 Å². The van der Waals surface area contributed by atoms with Crippen LogP contribution in [0.5, 0.6) is 0 Å². The van der Waals surface area contributed by atoms with Crippen LogP contribution < -0.4 is 0 Å². The summed E-state index contributed by atoms with van der Waals surface area (Å²) < 4.78 is 13.3. The van der Waals surface area contributed by atoms with Crippen molar-refractivity contribution >= 4 is 11.0 Å². The number of rotatable bonds is 4. The molecule has 4 nitrogen and oxygen atoms in total. The van der Waals surface area contributed by atoms with Gasteiger partial charge in [-0.2, -0.15) is 0 Å². The lowest BCUT2D eigenvalue weighted by atomic mass is 10.2. The van der Waals surface area contributed by atoms with Gasteiger partial charge in [-0.1, -0.05) is 6.07 Å². The van der Waals surface area contributed by atoms with Crippen LogP contribution in [0.15, 0.2) is 42.6 Å². The number of hydrogen-bond donors (Lipinski definition) is 1. The number of benzene rings is 1. The predicted molar refractivity (Wildman–Crippen MR) is 87.5 cm³/mol. The minimum atomic E-state index is -0.230. The molecule has 0 aliphatic carbocycles. The third kappa shape index (κ3) is 2.97. The summed E-state index contributed by atoms with van der Waals surface area (Å²) in [5.74, 6) is 0.718. The summed E-state index contributed by atoms with van der Waals surface area (Å²) in [5, 5.41) is 0. The lowest BCUT2D eigenvalue weighted by Gasteiger charge is -2.22. The van der Waals surface area contributed by atoms with Crippen LogP contribution in [0.1, 0.15) is 30.4 Å². The average Bonchev–Trinajstić information content (AvgIpc) is 3.19. The quantitative estimate of drug-likeness (QED) is 0.802. The standard InChI is InChI=1S/C18H19FN4/c19-13-6-7-15-16(12-13)22-18(21-15)17-5-3-10-23(17)11-8-14-4-1-2-9-20-14/h1-2,4,6-7,9,12,17H,3,5,8,10-11H2,(H,21,22). The first-order valence-electron chi connectivity index (χ1n) is 8.09. The summed E-state index contributed by atoms with van der Waals surface area (Å²) in [4.78, 5) is 14.8. The Morgan fingerprint density at radius 2 is 2.22 bits per heavy atom. The van der Waals surface area contributed by atoms with E-state index in [1.807, 2.05) is 18.3 Å². The van der Waals surface area contributed by atoms with Gasteiger partial charge >= 0.3 is 0 Å². The fourth-order valence-corrected chi connectivity index (χ4v) is 3.37. The first-order valence-corrected chi connectivity index (χ1v) is 8.09. The first kappa shape index (κ1) is 14.3. The minimum Gasteiger partial charge on any atom is -0.341 e. The molecule has 1 atom stereocenters. The molecule has 0 saturated carbocycles. The van der Waals surface area contributed by atoms with Gasteiger partial charge in [0, 0.05) is 24.9 Å². The van der Waals surface area contributed by atoms with Crippen LogP contribution >= 0.6 is 0 Å². The van der Waals surface area contributed by atoms with Gasteiger partial charge < -0.3 is 4.98 Å². The van der Waals surface area contributed by atoms with Crippen LogP contribution in [0.2, 0.25) is 0 Å². The molecule has 1 fully saturated rings. The molecule has 118 valence electrons. The number of imidazole rings is 1. The normalized spacial score (nSPS) is 18.7. The number of aromatic amines is 1. The molecule has 2 aromatic heterocycles. The Bertz CT molecular complexity index is 799. The van der Waals surface area contributed by atoms with E-state index in [9.17, 15) is 4.39 Å². The number of fused-ring (bicyclic) bond motifs is 1. The number of pyridine rings is 1. The molecular formula is C18H19FN4. The number of aromatic nitrogens is 3. The van der Waals surface area contributed by atoms with Gasteiger partial charge in [-0.05, 0) is 49.7 Å². The fourth-order valence-electron chi connectivity index (χ4n) is 3.37. The van der Waals surface area contributed by atoms with Gasteiger partial charge in [0.25, 0.3) is 0 Å². The number of nitrogens with zero attached hydrogens (tertiary/aromatic N) is 3. The van der Waals surface area contributed by atoms with Gasteiger partial charge in [0.1, 0.15) is 11.6 Å². The zero-order chi connectivity index (χ0) is 15.6. The lowest BCUT2D eigenvalue weighted by Crippen LogP contribution is -2.26. The van der Waals surface area contributed by atoms with Crippen LogP contribution in [-0.2, 0) is 6.42 Å². The summed E-state index contributed by atoms with van der Waals surface area (Å²) in [5.41, 5.74) is 2.72. The third-order valence-corrected chi connectivity index (χ3v) is 4.52. The second kappa shape index (κ2) is 6.08. The van der Waals surface area contributed by atoms with E-state index in [1.165, 1.54) is 12.1 Å². The Morgan fingerprint density at radius 3 is 3.09 bits per heavy atom. The first-order chi connectivity index (χ1) is 11.3. The second-order valence-electron chi connectivity index (χ2n) is 6.05. The molecule has 1 saturated heterocycles. The van der Waals surface area contributed by atoms with Crippen molar-refractivity contribution in [3.05, 3.63) is 59.9 Å². The lowest BCUT2D eigenvalue weighted by molar-refractivity contribution is 0.252. The van der Waals surface area contributed by atoms with Crippen LogP contribution in [0.4, 0.5) is 4.39 Å². The SMILES string of the molecule is Fc1ccc2nc(C3CCCN3CCc3ccccn3)[nH]c2c1. The fraction of sp³-hybridized carbons (Fsp3) is 0.333. The van der Waals surface area contributed by atoms with Crippen molar-refractivity contribution in [1.82, 2.24) is 19.9 Å². The molecule has 0 spiro atoms. The zero-order valence-corrected chi connectivity index (χ0v) is 12.9. The Morgan fingerprint density at radius 1 is 1.26 bits per heavy atom. The number of H-pyrrole nitrogens is 1. The molecule has 23 heavy (non-hydrogen) atoms. The van der Waals surface area contributed by atoms with E-state index in [1.54, 1.807) is 6.07 Å². The van der Waals surface area contributed by atoms with Gasteiger partial charge in [-0.3, -0.25) is 9.88 Å². The van der Waals surface area contributed by atoms with Crippen LogP contribution in [0.25, 0.3) is 11.0 Å². The summed E-state index contributed by atoms with van der Waals surface area (Å²) in [6, 6.07) is 11.0. The summed E-state index contributed by atoms with van der Waals surface area (Å²) in [6.07, 6.45) is 5.03. The molecule has 3 aromatic rings. The zero-order valence-electron chi connectivity index (χ0n) is 12.9. The van der Waals surface area contributed by atoms with Crippen molar-refractivity contribution < 1.29 is 4.39 Å². The summed E-state index contributed by atoms with van der Waals surface area (Å²) in [6.45, 7) is 2.04. The Balaban J connectivity index is 1.52. The highest BCUT2D eigenvalue weighted by molar-refractivity contribution is 5.75. The van der Waals surface area contributed by atoms with E-state index < -0.39 is 0 Å². The summed E-state index contributed by atoms with van der Waals surface area (Å²) >= 11 is 0. The molecule has 0 amide bonds. The molecule has 1 aliphatic heterocycles. The minimum absolute atomic E-state index is 0.230. The van der Waals surface area contributed by atoms with E-state index in [4.69, 9.17) is 0 Å². The molecule has 1 unspecified atom stereocenters. The Labute approximate surface area is 134 Å². The summed E-state index contributed by atoms with van der Waals surface area (Å²) in [7, 11) is 0. The van der Waals surface area contributed by atoms with E-state index in [0.717, 1.165) is 54.9 Å². The number of likely N-dealkylation sites (tertiary alicyclic amines) is 1. The average molecular weight is 310 g/mol. The van der Waals surface area contributed by atoms with Gasteiger partial charge in [-0.15, -0.1) is 0 Å². The maximum Gasteiger partial charge on any atom is 0.125 e. The highest BCUT2D eigenvalue weighted by atomic mass is 19.1. The van der Waals surface area contributed by atoms with Gasteiger partial charge in [0.05, 0.1) is 17.1 Å². The van der Waals surface area contributed by atoms with Crippen LogP contribution in [0.3, 0.4) is 0 Å². The second-order valence-corrected chi connectivity index (χ2v) is 6.05. The maximum absolute atomic E-state index is 13.3. The number of hydrogen-bond acceptors (Lipinski definition) is 3. The van der Waals surface area contributed by atoms with Crippen molar-refractivity contribution in [2.24, 2.45) is 0 Å². The molecule has 4 rings (SSSR count). The van der Waals surface area contributed by atoms with Crippen molar-refractivity contribution in [3.8, 4) is 0 Å². The van der Waals surface area contributed by atoms with Crippen molar-refractivity contribution in [2.75, 3.05) is 13.1 Å². The Kier molecular flexibility index (Phi) is 3.79. The topological polar surface area (TPSA) is 44.8 Å². The van der Waals surface area contributed by atoms with E-state index >= 15 is 0 Å². The largest absolute Gasteiger partial charge is 0.341 e. The van der Waals surface area contributed by atoms with Crippen molar-refractivity contribution in [1.29, 1.82) is 0 Å². The smallest absolute Gasteiger partial charge is 0.125 e. The molecule has 0 bridgehead atoms. The Hall–Kier alpha value is -2.27. The molecule has 1 N–H and O–H groups in total. The molecule has 1 aromatic carbocycles. The predicted octanol–water partition coefficient (Wildman–Crippen LogP) is 3.48. The molecular weight excluding hydrogens is 291 g/mol. The highest BCUT2D eigenvalue weighted by Crippen LogP contribution is 2.31. The molecule has 0 radical (unpaired) electrons. The van der Waals surface area contributed by atoms with Crippen molar-refractivity contribution in [2.45, 2.75) is 25.3 Å². The molecule has 3 heterocycles. The van der Waals surface area contributed by atoms with Gasteiger partial charge in [0.15, 0.2) is 0 Å².